The van der Waals surface area contributed by atoms with Crippen LogP contribution in [-0.4, -0.2) is 30.0 Å². The normalized spacial score (nSPS) is 12.4. The van der Waals surface area contributed by atoms with Crippen LogP contribution in [-0.2, 0) is 4.74 Å². The first-order valence-electron chi connectivity index (χ1n) is 5.96. The van der Waals surface area contributed by atoms with Gasteiger partial charge in [0.05, 0.1) is 6.61 Å². The molecule has 1 heterocycles. The average molecular weight is 284 g/mol. The largest absolute Gasteiger partial charge is 0.482 e. The smallest absolute Gasteiger partial charge is 0.247 e. The summed E-state index contributed by atoms with van der Waals surface area (Å²) in [4.78, 5) is 0. The molecule has 1 aromatic heterocycles. The fraction of sp³-hybridized carbons (Fsp3) is 0.385. The summed E-state index contributed by atoms with van der Waals surface area (Å²) in [5.41, 5.74) is 0.160. The molecule has 0 fully saturated rings. The van der Waals surface area contributed by atoms with Crippen molar-refractivity contribution in [2.75, 3.05) is 13.7 Å². The number of aromatic nitrogens is 2. The minimum atomic E-state index is -0.834. The monoisotopic (exact) mass is 284 g/mol. The van der Waals surface area contributed by atoms with Crippen LogP contribution in [0, 0.1) is 18.6 Å². The van der Waals surface area contributed by atoms with E-state index in [1.807, 2.05) is 0 Å². The highest BCUT2D eigenvalue weighted by molar-refractivity contribution is 5.55. The van der Waals surface area contributed by atoms with E-state index in [-0.39, 0.29) is 18.1 Å². The van der Waals surface area contributed by atoms with E-state index in [1.54, 1.807) is 13.8 Å². The molecule has 108 valence electrons. The van der Waals surface area contributed by atoms with Gasteiger partial charge in [0, 0.05) is 19.6 Å². The van der Waals surface area contributed by atoms with Crippen LogP contribution in [0.3, 0.4) is 0 Å². The zero-order valence-electron chi connectivity index (χ0n) is 11.3. The highest BCUT2D eigenvalue weighted by atomic mass is 19.1. The van der Waals surface area contributed by atoms with E-state index in [9.17, 15) is 8.78 Å². The SMILES string of the molecule is COC[C@@H](C)Oc1c(F)cc(-c2nnc(C)o2)cc1F. The van der Waals surface area contributed by atoms with Crippen LogP contribution in [0.2, 0.25) is 0 Å². The Morgan fingerprint density at radius 1 is 1.25 bits per heavy atom. The third kappa shape index (κ3) is 3.11. The van der Waals surface area contributed by atoms with Gasteiger partial charge in [0.15, 0.2) is 17.4 Å². The molecule has 0 saturated carbocycles. The number of rotatable bonds is 5. The first kappa shape index (κ1) is 14.4. The number of halogens is 2. The van der Waals surface area contributed by atoms with Gasteiger partial charge in [-0.05, 0) is 19.1 Å². The lowest BCUT2D eigenvalue weighted by Crippen LogP contribution is -2.19. The van der Waals surface area contributed by atoms with Gasteiger partial charge in [-0.15, -0.1) is 10.2 Å². The highest BCUT2D eigenvalue weighted by Gasteiger charge is 2.18. The van der Waals surface area contributed by atoms with E-state index in [2.05, 4.69) is 10.2 Å². The summed E-state index contributed by atoms with van der Waals surface area (Å²) in [5, 5.41) is 7.32. The van der Waals surface area contributed by atoms with Crippen LogP contribution in [0.15, 0.2) is 16.5 Å². The number of hydrogen-bond donors (Lipinski definition) is 0. The van der Waals surface area contributed by atoms with Gasteiger partial charge in [-0.3, -0.25) is 0 Å². The predicted octanol–water partition coefficient (Wildman–Crippen LogP) is 2.74. The Balaban J connectivity index is 2.29. The summed E-state index contributed by atoms with van der Waals surface area (Å²) in [7, 11) is 1.48. The van der Waals surface area contributed by atoms with Crippen LogP contribution in [0.25, 0.3) is 11.5 Å². The number of hydrogen-bond acceptors (Lipinski definition) is 5. The molecule has 1 atom stereocenters. The van der Waals surface area contributed by atoms with Crippen LogP contribution in [0.1, 0.15) is 12.8 Å². The zero-order valence-corrected chi connectivity index (χ0v) is 11.3. The third-order valence-corrected chi connectivity index (χ3v) is 2.49. The van der Waals surface area contributed by atoms with Gasteiger partial charge in [0.25, 0.3) is 0 Å². The second-order valence-corrected chi connectivity index (χ2v) is 4.28. The number of benzene rings is 1. The van der Waals surface area contributed by atoms with Gasteiger partial charge in [0.2, 0.25) is 11.8 Å². The molecule has 0 spiro atoms. The molecular formula is C13H14F2N2O3. The molecule has 0 aliphatic carbocycles. The van der Waals surface area contributed by atoms with Crippen molar-refractivity contribution in [1.29, 1.82) is 0 Å². The van der Waals surface area contributed by atoms with Crippen molar-refractivity contribution in [2.45, 2.75) is 20.0 Å². The summed E-state index contributed by atoms with van der Waals surface area (Å²) < 4.78 is 43.0. The zero-order chi connectivity index (χ0) is 14.7. The second-order valence-electron chi connectivity index (χ2n) is 4.28. The maximum absolute atomic E-state index is 13.9. The van der Waals surface area contributed by atoms with Crippen LogP contribution in [0.5, 0.6) is 5.75 Å². The van der Waals surface area contributed by atoms with E-state index in [4.69, 9.17) is 13.9 Å². The molecule has 20 heavy (non-hydrogen) atoms. The lowest BCUT2D eigenvalue weighted by atomic mass is 10.2. The van der Waals surface area contributed by atoms with Crippen molar-refractivity contribution in [2.24, 2.45) is 0 Å². The highest BCUT2D eigenvalue weighted by Crippen LogP contribution is 2.29. The second kappa shape index (κ2) is 5.96. The van der Waals surface area contributed by atoms with Crippen molar-refractivity contribution in [3.8, 4) is 17.2 Å². The lowest BCUT2D eigenvalue weighted by molar-refractivity contribution is 0.0862. The standard InChI is InChI=1S/C13H14F2N2O3/c1-7(6-18-3)19-12-10(14)4-9(5-11(12)15)13-17-16-8(2)20-13/h4-5,7H,6H2,1-3H3/t7-/m1/s1. The molecule has 2 aromatic rings. The van der Waals surface area contributed by atoms with Crippen LogP contribution >= 0.6 is 0 Å². The lowest BCUT2D eigenvalue weighted by Gasteiger charge is -2.15. The van der Waals surface area contributed by atoms with Gasteiger partial charge in [-0.1, -0.05) is 0 Å². The quantitative estimate of drug-likeness (QED) is 0.845. The number of nitrogens with zero attached hydrogens (tertiary/aromatic N) is 2. The fourth-order valence-corrected chi connectivity index (χ4v) is 1.68. The maximum atomic E-state index is 13.9. The topological polar surface area (TPSA) is 57.4 Å². The molecule has 0 aliphatic heterocycles. The minimum absolute atomic E-state index is 0.0526. The van der Waals surface area contributed by atoms with E-state index < -0.39 is 23.5 Å². The number of aryl methyl sites for hydroxylation is 1. The summed E-state index contributed by atoms with van der Waals surface area (Å²) in [6.07, 6.45) is -0.472. The summed E-state index contributed by atoms with van der Waals surface area (Å²) >= 11 is 0. The summed E-state index contributed by atoms with van der Waals surface area (Å²) in [6, 6.07) is 2.18. The van der Waals surface area contributed by atoms with Gasteiger partial charge in [-0.2, -0.15) is 0 Å². The Labute approximate surface area is 114 Å². The van der Waals surface area contributed by atoms with Crippen molar-refractivity contribution in [3.63, 3.8) is 0 Å². The molecule has 5 nitrogen and oxygen atoms in total. The molecule has 0 unspecified atom stereocenters. The fourth-order valence-electron chi connectivity index (χ4n) is 1.68. The van der Waals surface area contributed by atoms with Crippen LogP contribution in [0.4, 0.5) is 8.78 Å². The maximum Gasteiger partial charge on any atom is 0.247 e. The molecular weight excluding hydrogens is 270 g/mol. The molecule has 0 amide bonds. The minimum Gasteiger partial charge on any atom is -0.482 e. The molecule has 0 bridgehead atoms. The van der Waals surface area contributed by atoms with Crippen molar-refractivity contribution in [1.82, 2.24) is 10.2 Å². The Morgan fingerprint density at radius 2 is 1.90 bits per heavy atom. The van der Waals surface area contributed by atoms with Gasteiger partial charge in [0.1, 0.15) is 6.10 Å². The number of methoxy groups -OCH3 is 1. The van der Waals surface area contributed by atoms with E-state index >= 15 is 0 Å². The first-order valence-corrected chi connectivity index (χ1v) is 5.96. The van der Waals surface area contributed by atoms with Gasteiger partial charge < -0.3 is 13.9 Å². The molecule has 0 aliphatic rings. The predicted molar refractivity (Wildman–Crippen MR) is 66.4 cm³/mol. The summed E-state index contributed by atoms with van der Waals surface area (Å²) in [5.74, 6) is -1.75. The Kier molecular flexibility index (Phi) is 4.29. The van der Waals surface area contributed by atoms with Crippen molar-refractivity contribution in [3.05, 3.63) is 29.7 Å². The third-order valence-electron chi connectivity index (χ3n) is 2.49. The summed E-state index contributed by atoms with van der Waals surface area (Å²) in [6.45, 7) is 3.47. The van der Waals surface area contributed by atoms with E-state index in [0.717, 1.165) is 12.1 Å². The van der Waals surface area contributed by atoms with Crippen molar-refractivity contribution < 1.29 is 22.7 Å². The van der Waals surface area contributed by atoms with Crippen molar-refractivity contribution >= 4 is 0 Å². The van der Waals surface area contributed by atoms with E-state index in [1.165, 1.54) is 7.11 Å². The molecule has 0 saturated heterocycles. The van der Waals surface area contributed by atoms with Gasteiger partial charge >= 0.3 is 0 Å². The molecule has 2 rings (SSSR count). The molecule has 1 aromatic carbocycles. The van der Waals surface area contributed by atoms with E-state index in [0.29, 0.717) is 5.89 Å². The molecule has 0 N–H and O–H groups in total. The average Bonchev–Trinajstić information content (AvgIpc) is 2.80. The Morgan fingerprint density at radius 3 is 2.40 bits per heavy atom. The Bertz CT molecular complexity index is 578. The number of ether oxygens (including phenoxy) is 2. The van der Waals surface area contributed by atoms with Crippen LogP contribution < -0.4 is 4.74 Å². The Hall–Kier alpha value is -2.02. The molecule has 0 radical (unpaired) electrons. The molecule has 7 heteroatoms. The van der Waals surface area contributed by atoms with Gasteiger partial charge in [-0.25, -0.2) is 8.78 Å². The first-order chi connectivity index (χ1) is 9.51.